The number of anilines is 1. The molecular formula is C27H29FN2O8S. The monoisotopic (exact) mass is 560 g/mol. The van der Waals surface area contributed by atoms with Crippen molar-refractivity contribution in [1.29, 1.82) is 0 Å². The van der Waals surface area contributed by atoms with Crippen molar-refractivity contribution in [2.45, 2.75) is 23.7 Å². The third-order valence-corrected chi connectivity index (χ3v) is 9.24. The molecule has 208 valence electrons. The van der Waals surface area contributed by atoms with Crippen LogP contribution in [0.5, 0.6) is 5.75 Å². The second-order valence-corrected chi connectivity index (χ2v) is 11.8. The Morgan fingerprint density at radius 1 is 1.28 bits per heavy atom. The molecule has 0 spiro atoms. The first-order chi connectivity index (χ1) is 18.6. The number of amides is 1. The fourth-order valence-electron chi connectivity index (χ4n) is 5.36. The summed E-state index contributed by atoms with van der Waals surface area (Å²) in [7, 11) is -3.80. The standard InChI is InChI=1S/C27H29FN2O8S/c1-37-27(34)30(22-6-5-20-21-12-18(21)15-38-25(20)24(22)26(32)33)39(35,36)23-7-4-19(28)11-17(23)3-2-9-29-10-8-16(13-29)14-31/h2-7,11,16,18,21,31H,8-10,12-15H2,1H3,(H,32,33)/b3-2-/t16-,18+,21+/m1/s1. The highest BCUT2D eigenvalue weighted by Gasteiger charge is 2.47. The van der Waals surface area contributed by atoms with Crippen LogP contribution >= 0.6 is 0 Å². The Hall–Kier alpha value is -3.48. The van der Waals surface area contributed by atoms with Crippen LogP contribution in [0.25, 0.3) is 6.08 Å². The third kappa shape index (κ3) is 5.11. The van der Waals surface area contributed by atoms with Gasteiger partial charge in [-0.1, -0.05) is 18.2 Å². The molecule has 12 heteroatoms. The zero-order valence-corrected chi connectivity index (χ0v) is 22.1. The van der Waals surface area contributed by atoms with E-state index in [0.29, 0.717) is 25.3 Å². The van der Waals surface area contributed by atoms with E-state index in [9.17, 15) is 32.6 Å². The first kappa shape index (κ1) is 27.1. The van der Waals surface area contributed by atoms with E-state index >= 15 is 0 Å². The number of sulfonamides is 1. The average Bonchev–Trinajstić information content (AvgIpc) is 3.57. The van der Waals surface area contributed by atoms with Crippen LogP contribution in [0, 0.1) is 17.7 Å². The van der Waals surface area contributed by atoms with Crippen molar-refractivity contribution in [2.24, 2.45) is 11.8 Å². The molecule has 0 aromatic heterocycles. The van der Waals surface area contributed by atoms with Crippen molar-refractivity contribution >= 4 is 33.8 Å². The summed E-state index contributed by atoms with van der Waals surface area (Å²) in [6.07, 6.45) is 3.48. The molecule has 1 aliphatic carbocycles. The Bertz CT molecular complexity index is 1440. The van der Waals surface area contributed by atoms with Gasteiger partial charge in [-0.15, -0.1) is 0 Å². The lowest BCUT2D eigenvalue weighted by Crippen LogP contribution is -2.38. The number of aliphatic hydroxyl groups excluding tert-OH is 1. The first-order valence-corrected chi connectivity index (χ1v) is 14.0. The van der Waals surface area contributed by atoms with E-state index in [1.165, 1.54) is 12.1 Å². The molecule has 1 saturated carbocycles. The van der Waals surface area contributed by atoms with Crippen molar-refractivity contribution in [1.82, 2.24) is 4.90 Å². The molecule has 2 aliphatic heterocycles. The summed E-state index contributed by atoms with van der Waals surface area (Å²) in [5, 5.41) is 19.4. The largest absolute Gasteiger partial charge is 0.492 e. The van der Waals surface area contributed by atoms with Gasteiger partial charge in [0.05, 0.1) is 24.3 Å². The van der Waals surface area contributed by atoms with Crippen LogP contribution in [-0.2, 0) is 14.8 Å². The molecule has 3 aliphatic rings. The number of carbonyl (C=O) groups excluding carboxylic acids is 1. The number of likely N-dealkylation sites (tertiary alicyclic amines) is 1. The second kappa shape index (κ2) is 10.6. The summed E-state index contributed by atoms with van der Waals surface area (Å²) in [4.78, 5) is 27.0. The Labute approximate surface area is 225 Å². The molecule has 0 unspecified atom stereocenters. The minimum absolute atomic E-state index is 0.0197. The van der Waals surface area contributed by atoms with Crippen LogP contribution < -0.4 is 9.04 Å². The van der Waals surface area contributed by atoms with Gasteiger partial charge in [0.15, 0.2) is 0 Å². The lowest BCUT2D eigenvalue weighted by molar-refractivity contribution is 0.0692. The summed E-state index contributed by atoms with van der Waals surface area (Å²) in [6.45, 7) is 2.28. The van der Waals surface area contributed by atoms with Gasteiger partial charge in [-0.25, -0.2) is 22.4 Å². The number of carbonyl (C=O) groups is 2. The molecule has 2 aromatic carbocycles. The van der Waals surface area contributed by atoms with Gasteiger partial charge in [0.25, 0.3) is 10.0 Å². The van der Waals surface area contributed by atoms with Crippen LogP contribution in [-0.4, -0.2) is 75.6 Å². The summed E-state index contributed by atoms with van der Waals surface area (Å²) in [5.41, 5.74) is -0.254. The number of nitrogens with zero attached hydrogens (tertiary/aromatic N) is 2. The number of hydrogen-bond acceptors (Lipinski definition) is 8. The molecular weight excluding hydrogens is 531 g/mol. The fraction of sp³-hybridized carbons (Fsp3) is 0.407. The molecule has 0 radical (unpaired) electrons. The number of hydrogen-bond donors (Lipinski definition) is 2. The third-order valence-electron chi connectivity index (χ3n) is 7.48. The van der Waals surface area contributed by atoms with Gasteiger partial charge in [-0.05, 0) is 66.6 Å². The van der Waals surface area contributed by atoms with Crippen molar-refractivity contribution in [3.05, 3.63) is 58.9 Å². The van der Waals surface area contributed by atoms with Crippen molar-refractivity contribution in [2.75, 3.05) is 44.3 Å². The minimum atomic E-state index is -4.79. The van der Waals surface area contributed by atoms with Gasteiger partial charge < -0.3 is 19.7 Å². The Balaban J connectivity index is 1.55. The fourth-order valence-corrected chi connectivity index (χ4v) is 6.91. The maximum atomic E-state index is 14.2. The van der Waals surface area contributed by atoms with Crippen LogP contribution in [0.1, 0.15) is 40.2 Å². The summed E-state index contributed by atoms with van der Waals surface area (Å²) in [5.74, 6) is -1.53. The van der Waals surface area contributed by atoms with Gasteiger partial charge in [0.1, 0.15) is 17.1 Å². The van der Waals surface area contributed by atoms with E-state index in [1.54, 1.807) is 12.1 Å². The molecule has 3 atom stereocenters. The van der Waals surface area contributed by atoms with Gasteiger partial charge >= 0.3 is 12.1 Å². The minimum Gasteiger partial charge on any atom is -0.492 e. The molecule has 5 rings (SSSR count). The molecule has 1 amide bonds. The van der Waals surface area contributed by atoms with E-state index in [2.05, 4.69) is 4.90 Å². The number of aliphatic hydroxyl groups is 1. The highest BCUT2D eigenvalue weighted by molar-refractivity contribution is 7.93. The second-order valence-electron chi connectivity index (χ2n) is 10.0. The predicted octanol–water partition coefficient (Wildman–Crippen LogP) is 3.31. The molecule has 0 bridgehead atoms. The van der Waals surface area contributed by atoms with Gasteiger partial charge in [-0.2, -0.15) is 4.31 Å². The van der Waals surface area contributed by atoms with Gasteiger partial charge in [-0.3, -0.25) is 4.90 Å². The molecule has 2 N–H and O–H groups in total. The topological polar surface area (TPSA) is 134 Å². The highest BCUT2D eigenvalue weighted by Crippen LogP contribution is 2.55. The molecule has 2 heterocycles. The smallest absolute Gasteiger partial charge is 0.428 e. The molecule has 1 saturated heterocycles. The number of rotatable bonds is 8. The van der Waals surface area contributed by atoms with Crippen LogP contribution in [0.15, 0.2) is 41.3 Å². The SMILES string of the molecule is COC(=O)N(c1ccc2c(c1C(=O)O)OC[C@@H]1C[C@H]21)S(=O)(=O)c1ccc(F)cc1/C=C\CN1CC[C@@H](CO)C1. The van der Waals surface area contributed by atoms with E-state index in [1.807, 2.05) is 0 Å². The van der Waals surface area contributed by atoms with E-state index in [4.69, 9.17) is 9.47 Å². The number of aromatic carboxylic acids is 1. The van der Waals surface area contributed by atoms with Crippen LogP contribution in [0.4, 0.5) is 14.9 Å². The molecule has 2 fully saturated rings. The van der Waals surface area contributed by atoms with Gasteiger partial charge in [0.2, 0.25) is 0 Å². The maximum absolute atomic E-state index is 14.2. The average molecular weight is 561 g/mol. The van der Waals surface area contributed by atoms with Crippen LogP contribution in [0.3, 0.4) is 0 Å². The zero-order valence-electron chi connectivity index (χ0n) is 21.2. The zero-order chi connectivity index (χ0) is 27.9. The number of fused-ring (bicyclic) bond motifs is 3. The summed E-state index contributed by atoms with van der Waals surface area (Å²) >= 11 is 0. The number of benzene rings is 2. The van der Waals surface area contributed by atoms with E-state index < -0.39 is 44.0 Å². The van der Waals surface area contributed by atoms with Gasteiger partial charge in [0, 0.05) is 25.6 Å². The quantitative estimate of drug-likeness (QED) is 0.499. The molecule has 10 nitrogen and oxygen atoms in total. The van der Waals surface area contributed by atoms with Crippen LogP contribution in [0.2, 0.25) is 0 Å². The molecule has 2 aromatic rings. The number of ether oxygens (including phenoxy) is 2. The summed E-state index contributed by atoms with van der Waals surface area (Å²) in [6, 6.07) is 5.86. The Morgan fingerprint density at radius 2 is 2.08 bits per heavy atom. The van der Waals surface area contributed by atoms with Crippen molar-refractivity contribution in [3.63, 3.8) is 0 Å². The normalized spacial score (nSPS) is 22.2. The highest BCUT2D eigenvalue weighted by atomic mass is 32.2. The molecule has 39 heavy (non-hydrogen) atoms. The first-order valence-electron chi connectivity index (χ1n) is 12.6. The van der Waals surface area contributed by atoms with Crippen molar-refractivity contribution in [3.8, 4) is 5.75 Å². The number of carboxylic acid groups (broad SMARTS) is 1. The van der Waals surface area contributed by atoms with Crippen molar-refractivity contribution < 1.29 is 42.1 Å². The lowest BCUT2D eigenvalue weighted by atomic mass is 10.00. The Kier molecular flexibility index (Phi) is 7.36. The summed E-state index contributed by atoms with van der Waals surface area (Å²) < 4.78 is 53.0. The number of methoxy groups -OCH3 is 1. The van der Waals surface area contributed by atoms with E-state index in [0.717, 1.165) is 44.7 Å². The maximum Gasteiger partial charge on any atom is 0.428 e. The van der Waals surface area contributed by atoms with E-state index in [-0.39, 0.29) is 40.0 Å². The number of halogens is 1. The predicted molar refractivity (Wildman–Crippen MR) is 139 cm³/mol. The number of carboxylic acids is 1. The lowest BCUT2D eigenvalue weighted by Gasteiger charge is -2.26. The Morgan fingerprint density at radius 3 is 2.77 bits per heavy atom.